The number of rotatable bonds is 5. The van der Waals surface area contributed by atoms with Crippen molar-refractivity contribution >= 4 is 17.0 Å². The van der Waals surface area contributed by atoms with Crippen molar-refractivity contribution in [2.75, 3.05) is 6.26 Å². The lowest BCUT2D eigenvalue weighted by molar-refractivity contribution is 0.103. The molecule has 1 aliphatic carbocycles. The van der Waals surface area contributed by atoms with E-state index in [1.54, 1.807) is 18.4 Å². The third kappa shape index (κ3) is 2.76. The molecule has 0 amide bonds. The van der Waals surface area contributed by atoms with E-state index < -0.39 is 11.2 Å². The Balaban J connectivity index is 1.99. The molecule has 1 unspecified atom stereocenters. The van der Waals surface area contributed by atoms with Crippen LogP contribution in [0, 0.1) is 0 Å². The quantitative estimate of drug-likeness (QED) is 0.629. The Bertz CT molecular complexity index is 674. The largest absolute Gasteiger partial charge is 0.612 e. The van der Waals surface area contributed by atoms with Gasteiger partial charge in [0.25, 0.3) is 0 Å². The van der Waals surface area contributed by atoms with Crippen LogP contribution in [0.25, 0.3) is 0 Å². The van der Waals surface area contributed by atoms with Crippen molar-refractivity contribution in [2.45, 2.75) is 37.0 Å². The molecule has 4 nitrogen and oxygen atoms in total. The number of hydrogen-bond acceptors (Lipinski definition) is 4. The standard InChI is InChI=1S/C16H17NO3S/c1-3-10-8-12(21(2)19)6-7-13(10)15(18)14-9-17-20-16(14)11-4-5-11/h6-9,11H,3-5H2,1-2H3. The summed E-state index contributed by atoms with van der Waals surface area (Å²) in [5.41, 5.74) is 2.13. The molecule has 1 heterocycles. The molecule has 1 fully saturated rings. The topological polar surface area (TPSA) is 66.2 Å². The summed E-state index contributed by atoms with van der Waals surface area (Å²) in [4.78, 5) is 13.5. The second kappa shape index (κ2) is 5.66. The van der Waals surface area contributed by atoms with Gasteiger partial charge in [-0.3, -0.25) is 4.79 Å². The fourth-order valence-electron chi connectivity index (χ4n) is 2.47. The molecule has 21 heavy (non-hydrogen) atoms. The molecule has 5 heteroatoms. The van der Waals surface area contributed by atoms with Crippen molar-refractivity contribution in [1.29, 1.82) is 0 Å². The normalized spacial score (nSPS) is 16.0. The Morgan fingerprint density at radius 3 is 2.81 bits per heavy atom. The summed E-state index contributed by atoms with van der Waals surface area (Å²) in [7, 11) is 0. The van der Waals surface area contributed by atoms with Gasteiger partial charge in [-0.2, -0.15) is 0 Å². The maximum absolute atomic E-state index is 12.7. The van der Waals surface area contributed by atoms with E-state index in [2.05, 4.69) is 5.16 Å². The lowest BCUT2D eigenvalue weighted by atomic mass is 9.96. The molecule has 0 N–H and O–H groups in total. The Kier molecular flexibility index (Phi) is 3.87. The molecular weight excluding hydrogens is 286 g/mol. The van der Waals surface area contributed by atoms with Crippen molar-refractivity contribution < 1.29 is 13.9 Å². The van der Waals surface area contributed by atoms with Crippen molar-refractivity contribution in [1.82, 2.24) is 5.16 Å². The van der Waals surface area contributed by atoms with Gasteiger partial charge >= 0.3 is 0 Å². The minimum Gasteiger partial charge on any atom is -0.612 e. The molecular formula is C16H17NO3S. The maximum atomic E-state index is 12.7. The zero-order chi connectivity index (χ0) is 15.0. The van der Waals surface area contributed by atoms with E-state index in [0.717, 1.165) is 29.7 Å². The van der Waals surface area contributed by atoms with Crippen molar-refractivity contribution in [3.63, 3.8) is 0 Å². The zero-order valence-corrected chi connectivity index (χ0v) is 12.9. The second-order valence-electron chi connectivity index (χ2n) is 5.33. The van der Waals surface area contributed by atoms with Gasteiger partial charge in [0.05, 0.1) is 11.8 Å². The van der Waals surface area contributed by atoms with Gasteiger partial charge in [-0.15, -0.1) is 0 Å². The second-order valence-corrected chi connectivity index (χ2v) is 6.71. The third-order valence-electron chi connectivity index (χ3n) is 3.83. The lowest BCUT2D eigenvalue weighted by Gasteiger charge is -2.10. The fourth-order valence-corrected chi connectivity index (χ4v) is 3.04. The van der Waals surface area contributed by atoms with Gasteiger partial charge in [0.2, 0.25) is 0 Å². The minimum atomic E-state index is -1.04. The third-order valence-corrected chi connectivity index (χ3v) is 4.74. The number of benzene rings is 1. The average Bonchev–Trinajstić information content (AvgIpc) is 3.22. The van der Waals surface area contributed by atoms with Crippen LogP contribution in [0.2, 0.25) is 0 Å². The van der Waals surface area contributed by atoms with Crippen LogP contribution < -0.4 is 0 Å². The molecule has 1 aromatic carbocycles. The summed E-state index contributed by atoms with van der Waals surface area (Å²) < 4.78 is 16.8. The molecule has 0 radical (unpaired) electrons. The molecule has 0 spiro atoms. The smallest absolute Gasteiger partial charge is 0.198 e. The lowest BCUT2D eigenvalue weighted by Crippen LogP contribution is -2.08. The molecule has 1 atom stereocenters. The van der Waals surface area contributed by atoms with Gasteiger partial charge in [0.15, 0.2) is 16.4 Å². The van der Waals surface area contributed by atoms with Crippen LogP contribution in [0.5, 0.6) is 0 Å². The summed E-state index contributed by atoms with van der Waals surface area (Å²) in [6, 6.07) is 5.38. The summed E-state index contributed by atoms with van der Waals surface area (Å²) in [6.45, 7) is 1.99. The van der Waals surface area contributed by atoms with Crippen molar-refractivity contribution in [3.8, 4) is 0 Å². The van der Waals surface area contributed by atoms with Crippen LogP contribution in [0.3, 0.4) is 0 Å². The van der Waals surface area contributed by atoms with Crippen LogP contribution in [0.1, 0.15) is 52.9 Å². The molecule has 1 aromatic heterocycles. The van der Waals surface area contributed by atoms with Gasteiger partial charge in [-0.05, 0) is 54.2 Å². The van der Waals surface area contributed by atoms with E-state index in [-0.39, 0.29) is 5.78 Å². The van der Waals surface area contributed by atoms with Gasteiger partial charge in [-0.1, -0.05) is 12.1 Å². The van der Waals surface area contributed by atoms with Gasteiger partial charge in [0, 0.05) is 11.5 Å². The molecule has 0 saturated heterocycles. The Hall–Kier alpha value is -1.59. The highest BCUT2D eigenvalue weighted by Gasteiger charge is 2.33. The number of carbonyl (C=O) groups is 1. The highest BCUT2D eigenvalue weighted by molar-refractivity contribution is 7.90. The average molecular weight is 303 g/mol. The van der Waals surface area contributed by atoms with E-state index in [9.17, 15) is 9.35 Å². The van der Waals surface area contributed by atoms with E-state index >= 15 is 0 Å². The van der Waals surface area contributed by atoms with E-state index in [0.29, 0.717) is 22.8 Å². The van der Waals surface area contributed by atoms with Gasteiger partial charge in [-0.25, -0.2) is 0 Å². The first-order chi connectivity index (χ1) is 10.1. The molecule has 2 aromatic rings. The minimum absolute atomic E-state index is 0.0524. The van der Waals surface area contributed by atoms with E-state index in [1.807, 2.05) is 13.0 Å². The molecule has 1 aliphatic rings. The molecule has 3 rings (SSSR count). The van der Waals surface area contributed by atoms with Crippen LogP contribution in [0.4, 0.5) is 0 Å². The van der Waals surface area contributed by atoms with Crippen LogP contribution >= 0.6 is 0 Å². The number of ketones is 1. The first-order valence-corrected chi connectivity index (χ1v) is 8.63. The van der Waals surface area contributed by atoms with Gasteiger partial charge < -0.3 is 9.08 Å². The predicted octanol–water partition coefficient (Wildman–Crippen LogP) is 3.08. The summed E-state index contributed by atoms with van der Waals surface area (Å²) in [5, 5.41) is 3.79. The monoisotopic (exact) mass is 303 g/mol. The summed E-state index contributed by atoms with van der Waals surface area (Å²) >= 11 is -1.04. The molecule has 110 valence electrons. The van der Waals surface area contributed by atoms with Crippen molar-refractivity contribution in [2.24, 2.45) is 0 Å². The maximum Gasteiger partial charge on any atom is 0.198 e. The predicted molar refractivity (Wildman–Crippen MR) is 80.1 cm³/mol. The van der Waals surface area contributed by atoms with Crippen LogP contribution in [-0.2, 0) is 17.6 Å². The fraction of sp³-hybridized carbons (Fsp3) is 0.375. The Morgan fingerprint density at radius 1 is 1.43 bits per heavy atom. The van der Waals surface area contributed by atoms with E-state index in [1.165, 1.54) is 6.20 Å². The zero-order valence-electron chi connectivity index (χ0n) is 12.1. The van der Waals surface area contributed by atoms with Crippen LogP contribution in [0.15, 0.2) is 33.8 Å². The highest BCUT2D eigenvalue weighted by Crippen LogP contribution is 2.42. The number of aromatic nitrogens is 1. The Morgan fingerprint density at radius 2 is 2.19 bits per heavy atom. The van der Waals surface area contributed by atoms with E-state index in [4.69, 9.17) is 4.52 Å². The first kappa shape index (κ1) is 14.4. The van der Waals surface area contributed by atoms with Gasteiger partial charge in [0.1, 0.15) is 6.26 Å². The number of nitrogens with zero attached hydrogens (tertiary/aromatic N) is 1. The number of aryl methyl sites for hydroxylation is 1. The SMILES string of the molecule is CCc1cc([S+](C)[O-])ccc1C(=O)c1cnoc1C1CC1. The molecule has 0 aliphatic heterocycles. The summed E-state index contributed by atoms with van der Waals surface area (Å²) in [5.74, 6) is 1.01. The molecule has 0 bridgehead atoms. The Labute approximate surface area is 126 Å². The highest BCUT2D eigenvalue weighted by atomic mass is 32.2. The number of hydrogen-bond donors (Lipinski definition) is 0. The number of carbonyl (C=O) groups excluding carboxylic acids is 1. The first-order valence-electron chi connectivity index (χ1n) is 7.07. The van der Waals surface area contributed by atoms with Crippen LogP contribution in [-0.4, -0.2) is 21.7 Å². The van der Waals surface area contributed by atoms with Crippen molar-refractivity contribution in [3.05, 3.63) is 46.8 Å². The summed E-state index contributed by atoms with van der Waals surface area (Å²) in [6.07, 6.45) is 5.99. The molecule has 1 saturated carbocycles.